The van der Waals surface area contributed by atoms with E-state index < -0.39 is 23.5 Å². The Bertz CT molecular complexity index is 2240. The van der Waals surface area contributed by atoms with Crippen LogP contribution in [0.1, 0.15) is 43.8 Å². The van der Waals surface area contributed by atoms with Gasteiger partial charge in [-0.25, -0.2) is 15.0 Å². The molecule has 3 aromatic heterocycles. The zero-order valence-corrected chi connectivity index (χ0v) is 28.4. The summed E-state index contributed by atoms with van der Waals surface area (Å²) in [6.45, 7) is 6.50. The molecule has 5 aromatic rings. The van der Waals surface area contributed by atoms with Crippen LogP contribution in [0, 0.1) is 0 Å². The van der Waals surface area contributed by atoms with Gasteiger partial charge in [-0.15, -0.1) is 0 Å². The summed E-state index contributed by atoms with van der Waals surface area (Å²) in [5.74, 6) is 0.574. The molecule has 252 valence electrons. The van der Waals surface area contributed by atoms with Crippen LogP contribution in [0.5, 0.6) is 5.75 Å². The highest BCUT2D eigenvalue weighted by molar-refractivity contribution is 7.99. The number of furan rings is 1. The average Bonchev–Trinajstić information content (AvgIpc) is 3.66. The minimum absolute atomic E-state index is 0.122. The average molecular weight is 706 g/mol. The molecule has 9 nitrogen and oxygen atoms in total. The van der Waals surface area contributed by atoms with E-state index in [1.54, 1.807) is 66.4 Å². The Morgan fingerprint density at radius 3 is 2.47 bits per heavy atom. The summed E-state index contributed by atoms with van der Waals surface area (Å²) in [5, 5.41) is 0.0823. The van der Waals surface area contributed by atoms with E-state index in [9.17, 15) is 22.8 Å². The van der Waals surface area contributed by atoms with Gasteiger partial charge >= 0.3 is 6.18 Å². The van der Waals surface area contributed by atoms with Crippen molar-refractivity contribution in [1.29, 1.82) is 0 Å². The third-order valence-corrected chi connectivity index (χ3v) is 9.64. The van der Waals surface area contributed by atoms with Crippen molar-refractivity contribution < 1.29 is 27.1 Å². The van der Waals surface area contributed by atoms with Crippen LogP contribution in [0.15, 0.2) is 109 Å². The van der Waals surface area contributed by atoms with Gasteiger partial charge in [-0.1, -0.05) is 59.9 Å². The highest BCUT2D eigenvalue weighted by atomic mass is 32.2. The number of para-hydroxylation sites is 1. The maximum atomic E-state index is 14.1. The fourth-order valence-corrected chi connectivity index (χ4v) is 7.29. The lowest BCUT2D eigenvalue weighted by molar-refractivity contribution is -0.141. The Morgan fingerprint density at radius 1 is 1.06 bits per heavy atom. The SMILES string of the molecule is CCN(CC)C(=O)C1=C(C)N=c2s/c(=C\c3ccc(Sc4nc(-c5ccccc5)cc(C(F)(F)F)n4)o3)c(=O)n2[C@@H]1c1ccccc1OC. The molecular weight excluding hydrogens is 676 g/mol. The summed E-state index contributed by atoms with van der Waals surface area (Å²) in [6.07, 6.45) is -3.14. The van der Waals surface area contributed by atoms with E-state index in [-0.39, 0.29) is 32.1 Å². The number of fused-ring (bicyclic) bond motifs is 1. The number of thiazole rings is 1. The third-order valence-electron chi connectivity index (χ3n) is 7.87. The van der Waals surface area contributed by atoms with Crippen LogP contribution in [0.25, 0.3) is 17.3 Å². The van der Waals surface area contributed by atoms with Gasteiger partial charge in [0.05, 0.1) is 28.6 Å². The van der Waals surface area contributed by atoms with Crippen molar-refractivity contribution in [3.8, 4) is 17.0 Å². The summed E-state index contributed by atoms with van der Waals surface area (Å²) < 4.78 is 54.6. The number of alkyl halides is 3. The number of likely N-dealkylation sites (N-methyl/N-ethyl adjacent to an activating group) is 1. The summed E-state index contributed by atoms with van der Waals surface area (Å²) >= 11 is 1.97. The first-order valence-corrected chi connectivity index (χ1v) is 16.9. The van der Waals surface area contributed by atoms with E-state index in [0.29, 0.717) is 46.0 Å². The van der Waals surface area contributed by atoms with Crippen LogP contribution in [0.4, 0.5) is 13.2 Å². The lowest BCUT2D eigenvalue weighted by Gasteiger charge is -2.29. The van der Waals surface area contributed by atoms with Gasteiger partial charge in [0.25, 0.3) is 11.5 Å². The van der Waals surface area contributed by atoms with Gasteiger partial charge in [0.15, 0.2) is 15.1 Å². The Labute approximate surface area is 287 Å². The van der Waals surface area contributed by atoms with E-state index in [1.165, 1.54) is 11.7 Å². The highest BCUT2D eigenvalue weighted by Gasteiger charge is 2.36. The molecule has 0 unspecified atom stereocenters. The minimum Gasteiger partial charge on any atom is -0.496 e. The highest BCUT2D eigenvalue weighted by Crippen LogP contribution is 2.37. The number of benzene rings is 2. The molecule has 0 bridgehead atoms. The maximum Gasteiger partial charge on any atom is 0.433 e. The number of aromatic nitrogens is 3. The zero-order valence-electron chi connectivity index (χ0n) is 26.8. The predicted octanol–water partition coefficient (Wildman–Crippen LogP) is 6.33. The number of hydrogen-bond donors (Lipinski definition) is 0. The molecule has 0 saturated carbocycles. The zero-order chi connectivity index (χ0) is 34.9. The summed E-state index contributed by atoms with van der Waals surface area (Å²) in [7, 11) is 1.53. The first-order valence-electron chi connectivity index (χ1n) is 15.3. The molecule has 0 N–H and O–H groups in total. The Morgan fingerprint density at radius 2 is 1.78 bits per heavy atom. The summed E-state index contributed by atoms with van der Waals surface area (Å²) in [6, 6.07) is 19.0. The van der Waals surface area contributed by atoms with E-state index in [4.69, 9.17) is 9.15 Å². The molecule has 4 heterocycles. The van der Waals surface area contributed by atoms with E-state index in [2.05, 4.69) is 15.0 Å². The fraction of sp³-hybridized carbons (Fsp3) is 0.229. The monoisotopic (exact) mass is 705 g/mol. The van der Waals surface area contributed by atoms with Crippen LogP contribution in [-0.2, 0) is 11.0 Å². The third kappa shape index (κ3) is 6.83. The molecule has 49 heavy (non-hydrogen) atoms. The molecule has 2 aromatic carbocycles. The number of methoxy groups -OCH3 is 1. The standard InChI is InChI=1S/C35H30F3N5O4S2/c1-5-42(6-2)32(45)29-20(3)39-34-43(30(29)23-14-10-11-15-25(23)46-4)31(44)26(48-34)18-22-16-17-28(47-22)49-33-40-24(21-12-8-7-9-13-21)19-27(41-33)35(36,37)38/h7-19,30H,5-6H2,1-4H3/b26-18-/t30-/m1/s1. The fourth-order valence-electron chi connectivity index (χ4n) is 5.52. The molecule has 1 atom stereocenters. The number of carbonyl (C=O) groups is 1. The summed E-state index contributed by atoms with van der Waals surface area (Å²) in [5.41, 5.74) is 0.670. The van der Waals surface area contributed by atoms with Gasteiger partial charge in [-0.3, -0.25) is 14.2 Å². The molecule has 0 aliphatic carbocycles. The second-order valence-corrected chi connectivity index (χ2v) is 12.8. The molecule has 0 fully saturated rings. The topological polar surface area (TPSA) is 103 Å². The van der Waals surface area contributed by atoms with Gasteiger partial charge < -0.3 is 14.1 Å². The van der Waals surface area contributed by atoms with E-state index in [1.807, 2.05) is 32.0 Å². The molecule has 6 rings (SSSR count). The number of rotatable bonds is 9. The quantitative estimate of drug-likeness (QED) is 0.165. The number of amides is 1. The van der Waals surface area contributed by atoms with Gasteiger partial charge in [-0.05, 0) is 56.8 Å². The number of allylic oxidation sites excluding steroid dienone is 1. The largest absolute Gasteiger partial charge is 0.496 e. The first kappa shape index (κ1) is 33.9. The van der Waals surface area contributed by atoms with Crippen molar-refractivity contribution in [3.05, 3.63) is 121 Å². The smallest absolute Gasteiger partial charge is 0.433 e. The van der Waals surface area contributed by atoms with Crippen molar-refractivity contribution in [2.45, 2.75) is 43.2 Å². The minimum atomic E-state index is -4.68. The van der Waals surface area contributed by atoms with Gasteiger partial charge in [0, 0.05) is 30.3 Å². The molecule has 0 saturated heterocycles. The van der Waals surface area contributed by atoms with Crippen LogP contribution < -0.4 is 19.6 Å². The first-order chi connectivity index (χ1) is 23.5. The van der Waals surface area contributed by atoms with Crippen molar-refractivity contribution in [2.75, 3.05) is 20.2 Å². The number of ether oxygens (including phenoxy) is 1. The number of carbonyl (C=O) groups excluding carboxylic acids is 1. The van der Waals surface area contributed by atoms with Crippen LogP contribution in [0.3, 0.4) is 0 Å². The molecular formula is C35H30F3N5O4S2. The lowest BCUT2D eigenvalue weighted by Crippen LogP contribution is -2.43. The Kier molecular flexibility index (Phi) is 9.61. The maximum absolute atomic E-state index is 14.1. The van der Waals surface area contributed by atoms with Crippen molar-refractivity contribution >= 4 is 35.1 Å². The second kappa shape index (κ2) is 13.9. The molecule has 1 aliphatic rings. The van der Waals surface area contributed by atoms with Crippen molar-refractivity contribution in [2.24, 2.45) is 4.99 Å². The van der Waals surface area contributed by atoms with Crippen LogP contribution in [-0.4, -0.2) is 45.5 Å². The Hall–Kier alpha value is -4.95. The van der Waals surface area contributed by atoms with Gasteiger partial charge in [0.1, 0.15) is 23.2 Å². The van der Waals surface area contributed by atoms with E-state index >= 15 is 0 Å². The molecule has 14 heteroatoms. The van der Waals surface area contributed by atoms with Crippen molar-refractivity contribution in [1.82, 2.24) is 19.4 Å². The van der Waals surface area contributed by atoms with Crippen LogP contribution in [0.2, 0.25) is 0 Å². The molecule has 1 aliphatic heterocycles. The van der Waals surface area contributed by atoms with Gasteiger partial charge in [-0.2, -0.15) is 13.2 Å². The Balaban J connectivity index is 1.40. The number of nitrogens with zero attached hydrogens (tertiary/aromatic N) is 5. The van der Waals surface area contributed by atoms with E-state index in [0.717, 1.165) is 29.2 Å². The van der Waals surface area contributed by atoms with Gasteiger partial charge in [0.2, 0.25) is 0 Å². The van der Waals surface area contributed by atoms with Crippen LogP contribution >= 0.6 is 23.1 Å². The second-order valence-electron chi connectivity index (χ2n) is 10.8. The predicted molar refractivity (Wildman–Crippen MR) is 180 cm³/mol. The molecule has 0 radical (unpaired) electrons. The summed E-state index contributed by atoms with van der Waals surface area (Å²) in [4.78, 5) is 42.8. The number of hydrogen-bond acceptors (Lipinski definition) is 9. The molecule has 0 spiro atoms. The lowest BCUT2D eigenvalue weighted by atomic mass is 9.94. The molecule has 1 amide bonds. The normalized spacial score (nSPS) is 14.8. The number of halogens is 3. The van der Waals surface area contributed by atoms with Crippen molar-refractivity contribution in [3.63, 3.8) is 0 Å².